The third kappa shape index (κ3) is 4.92. The molecular weight excluding hydrogens is 536 g/mol. The molecule has 1 saturated heterocycles. The maximum atomic E-state index is 12.9. The van der Waals surface area contributed by atoms with Gasteiger partial charge in [-0.3, -0.25) is 14.5 Å². The molecule has 2 amide bonds. The molecule has 7 heteroatoms. The molecule has 4 aromatic carbocycles. The topological polar surface area (TPSA) is 70.4 Å². The Morgan fingerprint density at radius 1 is 0.944 bits per heavy atom. The summed E-state index contributed by atoms with van der Waals surface area (Å²) >= 11 is 4.46. The molecule has 0 N–H and O–H groups in total. The molecule has 0 saturated carbocycles. The molecule has 0 aliphatic carbocycles. The summed E-state index contributed by atoms with van der Waals surface area (Å²) in [5, 5.41) is 11.3. The molecule has 0 bridgehead atoms. The summed E-state index contributed by atoms with van der Waals surface area (Å²) < 4.78 is 6.82. The number of ether oxygens (including phenoxy) is 1. The van der Waals surface area contributed by atoms with Crippen molar-refractivity contribution < 1.29 is 14.3 Å². The SMILES string of the molecule is N#Cc1ccccc1CN1C(=O)S/C(=C/c2ccc(OCc3cccc4ccccc34)c(Br)c2)C1=O. The number of benzene rings is 4. The minimum atomic E-state index is -0.370. The van der Waals surface area contributed by atoms with E-state index in [1.807, 2.05) is 36.4 Å². The highest BCUT2D eigenvalue weighted by molar-refractivity contribution is 9.10. The van der Waals surface area contributed by atoms with Crippen LogP contribution in [0.25, 0.3) is 16.8 Å². The maximum absolute atomic E-state index is 12.9. The number of nitrogens with zero attached hydrogens (tertiary/aromatic N) is 2. The first-order valence-corrected chi connectivity index (χ1v) is 12.8. The highest BCUT2D eigenvalue weighted by atomic mass is 79.9. The van der Waals surface area contributed by atoms with E-state index in [9.17, 15) is 14.9 Å². The van der Waals surface area contributed by atoms with E-state index in [0.29, 0.717) is 28.4 Å². The fraction of sp³-hybridized carbons (Fsp3) is 0.0690. The zero-order chi connectivity index (χ0) is 25.1. The van der Waals surface area contributed by atoms with E-state index in [1.165, 1.54) is 4.90 Å². The predicted molar refractivity (Wildman–Crippen MR) is 145 cm³/mol. The number of hydrogen-bond acceptors (Lipinski definition) is 5. The van der Waals surface area contributed by atoms with E-state index in [2.05, 4.69) is 46.3 Å². The van der Waals surface area contributed by atoms with Gasteiger partial charge in [0.05, 0.1) is 27.6 Å². The number of carbonyl (C=O) groups is 2. The van der Waals surface area contributed by atoms with Crippen molar-refractivity contribution in [2.24, 2.45) is 0 Å². The lowest BCUT2D eigenvalue weighted by Gasteiger charge is -2.13. The summed E-state index contributed by atoms with van der Waals surface area (Å²) in [6.07, 6.45) is 1.69. The van der Waals surface area contributed by atoms with Crippen molar-refractivity contribution in [3.63, 3.8) is 0 Å². The Morgan fingerprint density at radius 3 is 2.53 bits per heavy atom. The van der Waals surface area contributed by atoms with Gasteiger partial charge in [0.2, 0.25) is 0 Å². The average Bonchev–Trinajstić information content (AvgIpc) is 3.15. The van der Waals surface area contributed by atoms with Crippen LogP contribution in [0.1, 0.15) is 22.3 Å². The van der Waals surface area contributed by atoms with E-state index in [0.717, 1.165) is 38.1 Å². The molecule has 0 atom stereocenters. The first kappa shape index (κ1) is 23.9. The molecule has 0 radical (unpaired) electrons. The van der Waals surface area contributed by atoms with Gasteiger partial charge in [-0.15, -0.1) is 0 Å². The highest BCUT2D eigenvalue weighted by Crippen LogP contribution is 2.35. The van der Waals surface area contributed by atoms with Gasteiger partial charge in [-0.05, 0) is 79.4 Å². The number of carbonyl (C=O) groups excluding carboxylic acids is 2. The van der Waals surface area contributed by atoms with Crippen molar-refractivity contribution in [2.45, 2.75) is 13.2 Å². The van der Waals surface area contributed by atoms with E-state index in [4.69, 9.17) is 4.74 Å². The van der Waals surface area contributed by atoms with Crippen LogP contribution in [-0.4, -0.2) is 16.0 Å². The van der Waals surface area contributed by atoms with Crippen molar-refractivity contribution in [3.8, 4) is 11.8 Å². The Bertz CT molecular complexity index is 1570. The summed E-state index contributed by atoms with van der Waals surface area (Å²) in [5.74, 6) is 0.312. The smallest absolute Gasteiger partial charge is 0.293 e. The second kappa shape index (κ2) is 10.4. The number of thioether (sulfide) groups is 1. The van der Waals surface area contributed by atoms with Crippen LogP contribution in [0.5, 0.6) is 5.75 Å². The highest BCUT2D eigenvalue weighted by Gasteiger charge is 2.35. The second-order valence-electron chi connectivity index (χ2n) is 8.15. The lowest BCUT2D eigenvalue weighted by molar-refractivity contribution is -0.123. The Hall–Kier alpha value is -3.86. The molecule has 36 heavy (non-hydrogen) atoms. The molecule has 0 aromatic heterocycles. The molecule has 176 valence electrons. The predicted octanol–water partition coefficient (Wildman–Crippen LogP) is 7.29. The summed E-state index contributed by atoms with van der Waals surface area (Å²) in [4.78, 5) is 27.0. The van der Waals surface area contributed by atoms with Crippen LogP contribution in [0.3, 0.4) is 0 Å². The second-order valence-corrected chi connectivity index (χ2v) is 10.0. The van der Waals surface area contributed by atoms with Crippen molar-refractivity contribution in [3.05, 3.63) is 117 Å². The molecule has 1 aliphatic rings. The van der Waals surface area contributed by atoms with Crippen LogP contribution in [0.15, 0.2) is 94.3 Å². The van der Waals surface area contributed by atoms with E-state index >= 15 is 0 Å². The molecule has 0 unspecified atom stereocenters. The van der Waals surface area contributed by atoms with Crippen LogP contribution >= 0.6 is 27.7 Å². The zero-order valence-electron chi connectivity index (χ0n) is 19.0. The molecule has 5 rings (SSSR count). The lowest BCUT2D eigenvalue weighted by Crippen LogP contribution is -2.27. The Kier molecular flexibility index (Phi) is 6.90. The monoisotopic (exact) mass is 554 g/mol. The summed E-state index contributed by atoms with van der Waals surface area (Å²) in [5.41, 5.74) is 2.94. The summed E-state index contributed by atoms with van der Waals surface area (Å²) in [6, 6.07) is 28.9. The van der Waals surface area contributed by atoms with Crippen molar-refractivity contribution >= 4 is 55.7 Å². The first-order valence-electron chi connectivity index (χ1n) is 11.2. The van der Waals surface area contributed by atoms with Crippen LogP contribution in [0.2, 0.25) is 0 Å². The number of fused-ring (bicyclic) bond motifs is 1. The molecule has 0 spiro atoms. The third-order valence-corrected chi connectivity index (χ3v) is 7.38. The number of hydrogen-bond donors (Lipinski definition) is 0. The van der Waals surface area contributed by atoms with Gasteiger partial charge in [0.1, 0.15) is 12.4 Å². The Labute approximate surface area is 221 Å². The van der Waals surface area contributed by atoms with Gasteiger partial charge in [-0.25, -0.2) is 0 Å². The fourth-order valence-electron chi connectivity index (χ4n) is 4.02. The van der Waals surface area contributed by atoms with Gasteiger partial charge in [0.25, 0.3) is 11.1 Å². The number of nitriles is 1. The molecule has 5 nitrogen and oxygen atoms in total. The minimum absolute atomic E-state index is 0.0659. The van der Waals surface area contributed by atoms with E-state index in [1.54, 1.807) is 30.3 Å². The summed E-state index contributed by atoms with van der Waals surface area (Å²) in [7, 11) is 0. The standard InChI is InChI=1S/C29H19BrN2O3S/c30-25-14-19(12-13-26(25)35-18-23-10-5-9-20-6-3-4-11-24(20)23)15-27-28(33)32(29(34)36-27)17-22-8-2-1-7-21(22)16-31/h1-15H,17-18H2/b27-15+. The minimum Gasteiger partial charge on any atom is -0.488 e. The van der Waals surface area contributed by atoms with Gasteiger partial charge in [0.15, 0.2) is 0 Å². The largest absolute Gasteiger partial charge is 0.488 e. The quantitative estimate of drug-likeness (QED) is 0.234. The van der Waals surface area contributed by atoms with Crippen molar-refractivity contribution in [1.82, 2.24) is 4.90 Å². The van der Waals surface area contributed by atoms with Crippen LogP contribution in [0, 0.1) is 11.3 Å². The number of rotatable bonds is 6. The van der Waals surface area contributed by atoms with Crippen LogP contribution in [0.4, 0.5) is 4.79 Å². The average molecular weight is 555 g/mol. The maximum Gasteiger partial charge on any atom is 0.293 e. The molecule has 1 aliphatic heterocycles. The normalized spacial score (nSPS) is 14.4. The third-order valence-electron chi connectivity index (χ3n) is 5.86. The van der Waals surface area contributed by atoms with Gasteiger partial charge in [-0.1, -0.05) is 66.7 Å². The first-order chi connectivity index (χ1) is 17.5. The van der Waals surface area contributed by atoms with Gasteiger partial charge >= 0.3 is 0 Å². The van der Waals surface area contributed by atoms with Crippen LogP contribution in [-0.2, 0) is 17.9 Å². The number of imide groups is 1. The molecule has 1 heterocycles. The fourth-order valence-corrected chi connectivity index (χ4v) is 5.37. The lowest BCUT2D eigenvalue weighted by atomic mass is 10.1. The molecule has 1 fully saturated rings. The Morgan fingerprint density at radius 2 is 1.69 bits per heavy atom. The van der Waals surface area contributed by atoms with Crippen molar-refractivity contribution in [2.75, 3.05) is 0 Å². The molecule has 4 aromatic rings. The van der Waals surface area contributed by atoms with Gasteiger partial charge in [-0.2, -0.15) is 5.26 Å². The van der Waals surface area contributed by atoms with Gasteiger partial charge in [0, 0.05) is 0 Å². The zero-order valence-corrected chi connectivity index (χ0v) is 21.4. The molecular formula is C29H19BrN2O3S. The van der Waals surface area contributed by atoms with E-state index < -0.39 is 0 Å². The number of halogens is 1. The summed E-state index contributed by atoms with van der Waals surface area (Å²) in [6.45, 7) is 0.485. The van der Waals surface area contributed by atoms with Crippen molar-refractivity contribution in [1.29, 1.82) is 5.26 Å². The van der Waals surface area contributed by atoms with Gasteiger partial charge < -0.3 is 4.74 Å². The number of amides is 2. The van der Waals surface area contributed by atoms with Crippen LogP contribution < -0.4 is 4.74 Å². The Balaban J connectivity index is 1.30. The van der Waals surface area contributed by atoms with E-state index in [-0.39, 0.29) is 17.7 Å².